The minimum Gasteiger partial charge on any atom is -0.454 e. The maximum Gasteiger partial charge on any atom is 0.327 e. The van der Waals surface area contributed by atoms with Gasteiger partial charge in [-0.2, -0.15) is 0 Å². The van der Waals surface area contributed by atoms with E-state index in [-0.39, 0.29) is 31.8 Å². The molecule has 3 amide bonds. The Labute approximate surface area is 115 Å². The zero-order chi connectivity index (χ0) is 14.3. The van der Waals surface area contributed by atoms with Gasteiger partial charge in [0.1, 0.15) is 6.54 Å². The number of amides is 3. The molecule has 2 N–H and O–H groups in total. The van der Waals surface area contributed by atoms with Gasteiger partial charge in [0.05, 0.1) is 0 Å². The summed E-state index contributed by atoms with van der Waals surface area (Å²) in [5.74, 6) is 1.08. The Kier molecular flexibility index (Phi) is 2.98. The van der Waals surface area contributed by atoms with Crippen LogP contribution >= 0.6 is 0 Å². The summed E-state index contributed by atoms with van der Waals surface area (Å²) >= 11 is 0. The van der Waals surface area contributed by atoms with Gasteiger partial charge in [-0.1, -0.05) is 6.07 Å². The van der Waals surface area contributed by atoms with E-state index in [1.54, 1.807) is 19.2 Å². The highest BCUT2D eigenvalue weighted by Crippen LogP contribution is 2.34. The van der Waals surface area contributed by atoms with Crippen molar-refractivity contribution in [3.63, 3.8) is 0 Å². The van der Waals surface area contributed by atoms with Gasteiger partial charge in [0.2, 0.25) is 12.7 Å². The number of nitrogens with zero attached hydrogens (tertiary/aromatic N) is 2. The van der Waals surface area contributed by atoms with Gasteiger partial charge in [-0.05, 0) is 17.7 Å². The molecule has 0 spiro atoms. The second-order valence-corrected chi connectivity index (χ2v) is 4.86. The van der Waals surface area contributed by atoms with Gasteiger partial charge in [0.25, 0.3) is 0 Å². The van der Waals surface area contributed by atoms with Gasteiger partial charge in [0, 0.05) is 19.6 Å². The fraction of sp³-hybridized carbons (Fsp3) is 0.385. The predicted octanol–water partition coefficient (Wildman–Crippen LogP) is 0.309. The quantitative estimate of drug-likeness (QED) is 0.804. The fourth-order valence-corrected chi connectivity index (χ4v) is 2.29. The molecule has 0 radical (unpaired) electrons. The molecule has 0 bridgehead atoms. The van der Waals surface area contributed by atoms with Gasteiger partial charge in [0.15, 0.2) is 11.5 Å². The first kappa shape index (κ1) is 12.7. The first-order valence-electron chi connectivity index (χ1n) is 6.27. The maximum absolute atomic E-state index is 11.8. The first-order valence-corrected chi connectivity index (χ1v) is 6.27. The van der Waals surface area contributed by atoms with Crippen LogP contribution in [-0.4, -0.2) is 48.7 Å². The number of hydrogen-bond donors (Lipinski definition) is 1. The molecule has 3 rings (SSSR count). The van der Waals surface area contributed by atoms with E-state index in [9.17, 15) is 9.59 Å². The number of fused-ring (bicyclic) bond motifs is 1. The number of ether oxygens (including phenoxy) is 2. The molecule has 0 saturated carbocycles. The summed E-state index contributed by atoms with van der Waals surface area (Å²) in [5, 5.41) is 0. The van der Waals surface area contributed by atoms with Gasteiger partial charge in [-0.25, -0.2) is 4.79 Å². The van der Waals surface area contributed by atoms with Crippen molar-refractivity contribution in [1.29, 1.82) is 0 Å². The third kappa shape index (κ3) is 2.05. The van der Waals surface area contributed by atoms with Gasteiger partial charge >= 0.3 is 6.03 Å². The van der Waals surface area contributed by atoms with Gasteiger partial charge in [-0.15, -0.1) is 0 Å². The number of carbonyl (C=O) groups is 2. The summed E-state index contributed by atoms with van der Waals surface area (Å²) in [6.07, 6.45) is 0. The second-order valence-electron chi connectivity index (χ2n) is 4.86. The van der Waals surface area contributed by atoms with Gasteiger partial charge in [-0.3, -0.25) is 9.69 Å². The number of nitrogens with two attached hydrogens (primary N) is 1. The monoisotopic (exact) mass is 277 g/mol. The van der Waals surface area contributed by atoms with Crippen LogP contribution < -0.4 is 15.2 Å². The average Bonchev–Trinajstić information content (AvgIpc) is 2.98. The number of carbonyl (C=O) groups excluding carboxylic acids is 2. The van der Waals surface area contributed by atoms with Crippen LogP contribution in [0.1, 0.15) is 11.6 Å². The van der Waals surface area contributed by atoms with Crippen molar-refractivity contribution in [3.8, 4) is 11.5 Å². The normalized spacial score (nSPS) is 18.9. The third-order valence-electron chi connectivity index (χ3n) is 3.43. The van der Waals surface area contributed by atoms with Crippen LogP contribution in [0.3, 0.4) is 0 Å². The highest BCUT2D eigenvalue weighted by molar-refractivity contribution is 6.01. The average molecular weight is 277 g/mol. The Hall–Kier alpha value is -2.28. The molecular weight excluding hydrogens is 262 g/mol. The molecule has 1 aromatic rings. The maximum atomic E-state index is 11.8. The highest BCUT2D eigenvalue weighted by Gasteiger charge is 2.34. The van der Waals surface area contributed by atoms with Crippen molar-refractivity contribution in [2.24, 2.45) is 5.73 Å². The third-order valence-corrected chi connectivity index (χ3v) is 3.43. The number of likely N-dealkylation sites (N-methyl/N-ethyl adjacent to an activating group) is 1. The Bertz CT molecular complexity index is 575. The highest BCUT2D eigenvalue weighted by atomic mass is 16.7. The Morgan fingerprint density at radius 2 is 2.05 bits per heavy atom. The molecule has 1 fully saturated rings. The molecule has 1 unspecified atom stereocenters. The molecule has 106 valence electrons. The molecule has 7 heteroatoms. The summed E-state index contributed by atoms with van der Waals surface area (Å²) in [6, 6.07) is 4.60. The van der Waals surface area contributed by atoms with E-state index in [4.69, 9.17) is 15.2 Å². The molecule has 0 aromatic heterocycles. The lowest BCUT2D eigenvalue weighted by Crippen LogP contribution is -2.37. The van der Waals surface area contributed by atoms with E-state index in [0.717, 1.165) is 5.56 Å². The lowest BCUT2D eigenvalue weighted by Gasteiger charge is -2.19. The molecule has 1 saturated heterocycles. The number of imide groups is 1. The molecule has 1 atom stereocenters. The minimum absolute atomic E-state index is 0.104. The van der Waals surface area contributed by atoms with E-state index in [0.29, 0.717) is 11.5 Å². The van der Waals surface area contributed by atoms with Crippen LogP contribution in [0.4, 0.5) is 4.79 Å². The molecule has 7 nitrogen and oxygen atoms in total. The standard InChI is InChI=1S/C13H15N3O4/c1-15-6-12(17)16(13(15)18)5-9(14)8-2-3-10-11(4-8)20-7-19-10/h2-4,9H,5-7,14H2,1H3. The SMILES string of the molecule is CN1CC(=O)N(CC(N)c2ccc3c(c2)OCO3)C1=O. The van der Waals surface area contributed by atoms with Crippen molar-refractivity contribution < 1.29 is 19.1 Å². The molecule has 1 aromatic carbocycles. The summed E-state index contributed by atoms with van der Waals surface area (Å²) in [7, 11) is 1.59. The van der Waals surface area contributed by atoms with E-state index < -0.39 is 6.04 Å². The molecule has 0 aliphatic carbocycles. The lowest BCUT2D eigenvalue weighted by molar-refractivity contribution is -0.125. The van der Waals surface area contributed by atoms with Crippen LogP contribution in [0.25, 0.3) is 0 Å². The van der Waals surface area contributed by atoms with Crippen LogP contribution in [0.15, 0.2) is 18.2 Å². The Morgan fingerprint density at radius 3 is 2.75 bits per heavy atom. The van der Waals surface area contributed by atoms with Crippen molar-refractivity contribution in [3.05, 3.63) is 23.8 Å². The summed E-state index contributed by atoms with van der Waals surface area (Å²) < 4.78 is 10.5. The Morgan fingerprint density at radius 1 is 1.30 bits per heavy atom. The van der Waals surface area contributed by atoms with Crippen LogP contribution in [0.2, 0.25) is 0 Å². The van der Waals surface area contributed by atoms with E-state index in [1.165, 1.54) is 9.80 Å². The van der Waals surface area contributed by atoms with Crippen LogP contribution in [-0.2, 0) is 4.79 Å². The van der Waals surface area contributed by atoms with Crippen LogP contribution in [0.5, 0.6) is 11.5 Å². The van der Waals surface area contributed by atoms with E-state index >= 15 is 0 Å². The molecule has 20 heavy (non-hydrogen) atoms. The molecule has 2 heterocycles. The zero-order valence-electron chi connectivity index (χ0n) is 11.0. The van der Waals surface area contributed by atoms with Crippen molar-refractivity contribution in [2.75, 3.05) is 26.9 Å². The molecule has 2 aliphatic rings. The summed E-state index contributed by atoms with van der Waals surface area (Å²) in [4.78, 5) is 26.1. The Balaban J connectivity index is 1.75. The van der Waals surface area contributed by atoms with E-state index in [1.807, 2.05) is 6.07 Å². The summed E-state index contributed by atoms with van der Waals surface area (Å²) in [5.41, 5.74) is 6.87. The number of hydrogen-bond acceptors (Lipinski definition) is 5. The number of benzene rings is 1. The summed E-state index contributed by atoms with van der Waals surface area (Å²) in [6.45, 7) is 0.455. The van der Waals surface area contributed by atoms with E-state index in [2.05, 4.69) is 0 Å². The van der Waals surface area contributed by atoms with Crippen molar-refractivity contribution in [2.45, 2.75) is 6.04 Å². The topological polar surface area (TPSA) is 85.1 Å². The minimum atomic E-state index is -0.455. The van der Waals surface area contributed by atoms with Gasteiger partial charge < -0.3 is 20.1 Å². The lowest BCUT2D eigenvalue weighted by atomic mass is 10.1. The second kappa shape index (κ2) is 4.68. The fourth-order valence-electron chi connectivity index (χ4n) is 2.29. The molecular formula is C13H15N3O4. The predicted molar refractivity (Wildman–Crippen MR) is 69.2 cm³/mol. The zero-order valence-corrected chi connectivity index (χ0v) is 11.0. The smallest absolute Gasteiger partial charge is 0.327 e. The van der Waals surface area contributed by atoms with Crippen molar-refractivity contribution >= 4 is 11.9 Å². The number of urea groups is 1. The van der Waals surface area contributed by atoms with Crippen LogP contribution in [0, 0.1) is 0 Å². The first-order chi connectivity index (χ1) is 9.56. The largest absolute Gasteiger partial charge is 0.454 e. The molecule has 2 aliphatic heterocycles. The van der Waals surface area contributed by atoms with Crippen molar-refractivity contribution in [1.82, 2.24) is 9.80 Å². The number of rotatable bonds is 3.